The van der Waals surface area contributed by atoms with Gasteiger partial charge in [-0.05, 0) is 30.2 Å². The minimum Gasteiger partial charge on any atom is -0.496 e. The average molecular weight is 321 g/mol. The fourth-order valence-electron chi connectivity index (χ4n) is 1.46. The van der Waals surface area contributed by atoms with Crippen LogP contribution in [0.2, 0.25) is 0 Å². The van der Waals surface area contributed by atoms with Crippen LogP contribution in [0, 0.1) is 0 Å². The Labute approximate surface area is 115 Å². The fraction of sp³-hybridized carbons (Fsp3) is 0.417. The average Bonchev–Trinajstić information content (AvgIpc) is 2.35. The van der Waals surface area contributed by atoms with E-state index < -0.39 is 0 Å². The van der Waals surface area contributed by atoms with E-state index in [4.69, 9.17) is 16.3 Å². The van der Waals surface area contributed by atoms with Crippen LogP contribution in [0.5, 0.6) is 5.75 Å². The molecule has 0 unspecified atom stereocenters. The van der Waals surface area contributed by atoms with Gasteiger partial charge in [-0.1, -0.05) is 15.9 Å². The zero-order valence-corrected chi connectivity index (χ0v) is 12.2. The standard InChI is InChI=1S/C12H15BrClNO2/c1-15(12(16)8-14)6-5-9-7-10(13)3-4-11(9)17-2/h3-4,7H,5-6,8H2,1-2H3. The number of hydrogen-bond donors (Lipinski definition) is 0. The summed E-state index contributed by atoms with van der Waals surface area (Å²) in [6.07, 6.45) is 0.738. The lowest BCUT2D eigenvalue weighted by atomic mass is 10.1. The number of carbonyl (C=O) groups excluding carboxylic acids is 1. The van der Waals surface area contributed by atoms with Crippen molar-refractivity contribution in [2.24, 2.45) is 0 Å². The van der Waals surface area contributed by atoms with Crippen molar-refractivity contribution in [2.75, 3.05) is 26.6 Å². The van der Waals surface area contributed by atoms with E-state index in [1.807, 2.05) is 18.2 Å². The molecule has 17 heavy (non-hydrogen) atoms. The summed E-state index contributed by atoms with van der Waals surface area (Å²) in [5.41, 5.74) is 1.07. The molecule has 0 aromatic heterocycles. The molecule has 1 rings (SSSR count). The van der Waals surface area contributed by atoms with Gasteiger partial charge in [-0.2, -0.15) is 0 Å². The predicted molar refractivity (Wildman–Crippen MR) is 72.8 cm³/mol. The predicted octanol–water partition coefficient (Wildman–Crippen LogP) is 2.70. The van der Waals surface area contributed by atoms with Crippen molar-refractivity contribution in [1.29, 1.82) is 0 Å². The van der Waals surface area contributed by atoms with Gasteiger partial charge in [0, 0.05) is 18.1 Å². The highest BCUT2D eigenvalue weighted by molar-refractivity contribution is 9.10. The monoisotopic (exact) mass is 319 g/mol. The molecule has 0 radical (unpaired) electrons. The number of likely N-dealkylation sites (N-methyl/N-ethyl adjacent to an activating group) is 1. The van der Waals surface area contributed by atoms with Crippen LogP contribution in [0.3, 0.4) is 0 Å². The number of nitrogens with zero attached hydrogens (tertiary/aromatic N) is 1. The second-order valence-electron chi connectivity index (χ2n) is 3.66. The summed E-state index contributed by atoms with van der Waals surface area (Å²) in [6.45, 7) is 0.623. The molecule has 0 saturated carbocycles. The molecule has 0 N–H and O–H groups in total. The van der Waals surface area contributed by atoms with E-state index in [1.54, 1.807) is 19.1 Å². The van der Waals surface area contributed by atoms with E-state index in [1.165, 1.54) is 0 Å². The van der Waals surface area contributed by atoms with Gasteiger partial charge in [-0.15, -0.1) is 11.6 Å². The first kappa shape index (κ1) is 14.3. The number of hydrogen-bond acceptors (Lipinski definition) is 2. The van der Waals surface area contributed by atoms with Gasteiger partial charge in [0.25, 0.3) is 0 Å². The van der Waals surface area contributed by atoms with Crippen molar-refractivity contribution in [1.82, 2.24) is 4.90 Å². The quantitative estimate of drug-likeness (QED) is 0.781. The molecule has 5 heteroatoms. The van der Waals surface area contributed by atoms with Crippen molar-refractivity contribution in [3.05, 3.63) is 28.2 Å². The van der Waals surface area contributed by atoms with Crippen molar-refractivity contribution < 1.29 is 9.53 Å². The van der Waals surface area contributed by atoms with Gasteiger partial charge < -0.3 is 9.64 Å². The second-order valence-corrected chi connectivity index (χ2v) is 4.84. The summed E-state index contributed by atoms with van der Waals surface area (Å²) in [5, 5.41) is 0. The molecule has 1 aromatic rings. The van der Waals surface area contributed by atoms with Gasteiger partial charge in [0.05, 0.1) is 7.11 Å². The van der Waals surface area contributed by atoms with Crippen LogP contribution < -0.4 is 4.74 Å². The Morgan fingerprint density at radius 1 is 1.53 bits per heavy atom. The Morgan fingerprint density at radius 3 is 2.82 bits per heavy atom. The highest BCUT2D eigenvalue weighted by Crippen LogP contribution is 2.23. The zero-order valence-electron chi connectivity index (χ0n) is 9.87. The summed E-state index contributed by atoms with van der Waals surface area (Å²) >= 11 is 8.91. The molecule has 1 aromatic carbocycles. The van der Waals surface area contributed by atoms with Crippen LogP contribution in [0.25, 0.3) is 0 Å². The number of rotatable bonds is 5. The number of methoxy groups -OCH3 is 1. The third-order valence-electron chi connectivity index (χ3n) is 2.50. The van der Waals surface area contributed by atoms with Crippen LogP contribution in [-0.2, 0) is 11.2 Å². The normalized spacial score (nSPS) is 10.1. The lowest BCUT2D eigenvalue weighted by molar-refractivity contribution is -0.127. The largest absolute Gasteiger partial charge is 0.496 e. The van der Waals surface area contributed by atoms with E-state index in [9.17, 15) is 4.79 Å². The summed E-state index contributed by atoms with van der Waals surface area (Å²) < 4.78 is 6.27. The van der Waals surface area contributed by atoms with Crippen LogP contribution in [-0.4, -0.2) is 37.4 Å². The number of benzene rings is 1. The Bertz CT molecular complexity index is 398. The van der Waals surface area contributed by atoms with E-state index >= 15 is 0 Å². The van der Waals surface area contributed by atoms with E-state index in [0.29, 0.717) is 6.54 Å². The molecule has 94 valence electrons. The smallest absolute Gasteiger partial charge is 0.237 e. The third kappa shape index (κ3) is 4.21. The number of amides is 1. The minimum absolute atomic E-state index is 0.0200. The van der Waals surface area contributed by atoms with Crippen LogP contribution in [0.1, 0.15) is 5.56 Å². The highest BCUT2D eigenvalue weighted by Gasteiger charge is 2.09. The molecule has 0 saturated heterocycles. The van der Waals surface area contributed by atoms with Crippen molar-refractivity contribution in [2.45, 2.75) is 6.42 Å². The highest BCUT2D eigenvalue weighted by atomic mass is 79.9. The SMILES string of the molecule is COc1ccc(Br)cc1CCN(C)C(=O)CCl. The Hall–Kier alpha value is -0.740. The molecule has 0 aliphatic carbocycles. The maximum Gasteiger partial charge on any atom is 0.237 e. The summed E-state index contributed by atoms with van der Waals surface area (Å²) in [4.78, 5) is 12.9. The van der Waals surface area contributed by atoms with Crippen LogP contribution in [0.4, 0.5) is 0 Å². The fourth-order valence-corrected chi connectivity index (χ4v) is 2.07. The first-order valence-corrected chi connectivity index (χ1v) is 6.53. The lowest BCUT2D eigenvalue weighted by Crippen LogP contribution is -2.29. The lowest BCUT2D eigenvalue weighted by Gasteiger charge is -2.16. The zero-order chi connectivity index (χ0) is 12.8. The molecule has 0 bridgehead atoms. The van der Waals surface area contributed by atoms with Crippen molar-refractivity contribution in [3.63, 3.8) is 0 Å². The van der Waals surface area contributed by atoms with E-state index in [-0.39, 0.29) is 11.8 Å². The molecular formula is C12H15BrClNO2. The topological polar surface area (TPSA) is 29.5 Å². The van der Waals surface area contributed by atoms with Crippen LogP contribution >= 0.6 is 27.5 Å². The first-order chi connectivity index (χ1) is 8.08. The second kappa shape index (κ2) is 6.87. The Balaban J connectivity index is 2.68. The third-order valence-corrected chi connectivity index (χ3v) is 3.22. The van der Waals surface area contributed by atoms with Gasteiger partial charge in [-0.3, -0.25) is 4.79 Å². The van der Waals surface area contributed by atoms with E-state index in [0.717, 1.165) is 22.2 Å². The van der Waals surface area contributed by atoms with Crippen molar-refractivity contribution >= 4 is 33.4 Å². The minimum atomic E-state index is -0.0689. The maximum absolute atomic E-state index is 11.3. The van der Waals surface area contributed by atoms with Crippen molar-refractivity contribution in [3.8, 4) is 5.75 Å². The number of carbonyl (C=O) groups is 1. The van der Waals surface area contributed by atoms with Crippen LogP contribution in [0.15, 0.2) is 22.7 Å². The van der Waals surface area contributed by atoms with Gasteiger partial charge in [0.2, 0.25) is 5.91 Å². The number of alkyl halides is 1. The molecular weight excluding hydrogens is 305 g/mol. The number of halogens is 2. The van der Waals surface area contributed by atoms with Gasteiger partial charge in [0.1, 0.15) is 11.6 Å². The summed E-state index contributed by atoms with van der Waals surface area (Å²) in [7, 11) is 3.38. The summed E-state index contributed by atoms with van der Waals surface area (Å²) in [6, 6.07) is 5.83. The molecule has 0 aliphatic rings. The van der Waals surface area contributed by atoms with Gasteiger partial charge >= 0.3 is 0 Å². The molecule has 0 atom stereocenters. The van der Waals surface area contributed by atoms with Gasteiger partial charge in [-0.25, -0.2) is 0 Å². The first-order valence-electron chi connectivity index (χ1n) is 5.20. The summed E-state index contributed by atoms with van der Waals surface area (Å²) in [5.74, 6) is 0.784. The van der Waals surface area contributed by atoms with E-state index in [2.05, 4.69) is 15.9 Å². The Kier molecular flexibility index (Phi) is 5.78. The molecule has 1 amide bonds. The molecule has 0 aliphatic heterocycles. The molecule has 0 spiro atoms. The van der Waals surface area contributed by atoms with Gasteiger partial charge in [0.15, 0.2) is 0 Å². The maximum atomic E-state index is 11.3. The molecule has 3 nitrogen and oxygen atoms in total. The Morgan fingerprint density at radius 2 is 2.24 bits per heavy atom. The number of ether oxygens (including phenoxy) is 1. The molecule has 0 heterocycles. The molecule has 0 fully saturated rings.